The Morgan fingerprint density at radius 2 is 2.00 bits per heavy atom. The normalized spacial score (nSPS) is 10.8. The molecule has 7 nitrogen and oxygen atoms in total. The van der Waals surface area contributed by atoms with E-state index in [0.717, 1.165) is 0 Å². The molecule has 0 unspecified atom stereocenters. The first-order valence-corrected chi connectivity index (χ1v) is 3.23. The first-order valence-electron chi connectivity index (χ1n) is 3.23. The number of hydrogen-bond donors (Lipinski definition) is 2. The van der Waals surface area contributed by atoms with Crippen molar-refractivity contribution in [2.45, 2.75) is 6.92 Å². The molecule has 2 aromatic heterocycles. The number of aryl methyl sites for hydroxylation is 1. The van der Waals surface area contributed by atoms with Crippen LogP contribution in [-0.4, -0.2) is 24.8 Å². The molecule has 0 saturated carbocycles. The lowest BCUT2D eigenvalue weighted by Crippen LogP contribution is -2.31. The van der Waals surface area contributed by atoms with Gasteiger partial charge in [-0.1, -0.05) is 0 Å². The number of aromatic nitrogens is 5. The second-order valence-corrected chi connectivity index (χ2v) is 2.30. The van der Waals surface area contributed by atoms with Crippen LogP contribution in [0.2, 0.25) is 0 Å². The number of nitrogens with one attached hydrogen (secondary N) is 2. The van der Waals surface area contributed by atoms with Gasteiger partial charge in [-0.3, -0.25) is 19.7 Å². The molecular weight excluding hydrogens is 162 g/mol. The van der Waals surface area contributed by atoms with E-state index in [1.807, 2.05) is 0 Å². The molecule has 2 N–H and O–H groups in total. The van der Waals surface area contributed by atoms with E-state index in [1.54, 1.807) is 6.92 Å². The maximum Gasteiger partial charge on any atom is 0.328 e. The molecule has 2 heterocycles. The van der Waals surface area contributed by atoms with Crippen molar-refractivity contribution in [1.82, 2.24) is 24.8 Å². The highest BCUT2D eigenvalue weighted by molar-refractivity contribution is 5.22. The minimum absolute atomic E-state index is 0.233. The van der Waals surface area contributed by atoms with Crippen molar-refractivity contribution >= 4 is 5.78 Å². The zero-order valence-electron chi connectivity index (χ0n) is 6.16. The first kappa shape index (κ1) is 6.77. The van der Waals surface area contributed by atoms with E-state index in [0.29, 0.717) is 5.82 Å². The topological polar surface area (TPSA) is 95.9 Å². The molecule has 2 rings (SSSR count). The van der Waals surface area contributed by atoms with Crippen LogP contribution in [0, 0.1) is 6.92 Å². The summed E-state index contributed by atoms with van der Waals surface area (Å²) in [6.07, 6.45) is 0. The van der Waals surface area contributed by atoms with Crippen molar-refractivity contribution in [3.63, 3.8) is 0 Å². The van der Waals surface area contributed by atoms with Gasteiger partial charge >= 0.3 is 11.1 Å². The average molecular weight is 167 g/mol. The number of nitrogens with zero attached hydrogens (tertiary/aromatic N) is 3. The predicted molar refractivity (Wildman–Crippen MR) is 39.0 cm³/mol. The Kier molecular flexibility index (Phi) is 1.15. The number of H-pyrrole nitrogens is 2. The van der Waals surface area contributed by atoms with Crippen molar-refractivity contribution < 1.29 is 0 Å². The number of aromatic amines is 2. The third-order valence-corrected chi connectivity index (χ3v) is 1.47. The Morgan fingerprint density at radius 3 is 2.75 bits per heavy atom. The number of hydrogen-bond acceptors (Lipinski definition) is 4. The summed E-state index contributed by atoms with van der Waals surface area (Å²) < 4.78 is 1.31. The number of fused-ring (bicyclic) bond motifs is 1. The van der Waals surface area contributed by atoms with Gasteiger partial charge in [-0.25, -0.2) is 4.52 Å². The molecule has 0 aliphatic carbocycles. The Labute approximate surface area is 65.1 Å². The van der Waals surface area contributed by atoms with Crippen molar-refractivity contribution in [3.8, 4) is 0 Å². The van der Waals surface area contributed by atoms with E-state index in [9.17, 15) is 9.59 Å². The summed E-state index contributed by atoms with van der Waals surface area (Å²) in [7, 11) is 0. The summed E-state index contributed by atoms with van der Waals surface area (Å²) >= 11 is 0. The van der Waals surface area contributed by atoms with Crippen LogP contribution in [-0.2, 0) is 0 Å². The smallest absolute Gasteiger partial charge is 0.285 e. The maximum absolute atomic E-state index is 10.8. The Balaban J connectivity index is 3.07. The molecule has 2 aromatic rings. The lowest BCUT2D eigenvalue weighted by molar-refractivity contribution is 0.820. The minimum Gasteiger partial charge on any atom is -0.285 e. The van der Waals surface area contributed by atoms with Gasteiger partial charge in [0.05, 0.1) is 0 Å². The zero-order valence-corrected chi connectivity index (χ0v) is 6.16. The van der Waals surface area contributed by atoms with E-state index >= 15 is 0 Å². The summed E-state index contributed by atoms with van der Waals surface area (Å²) in [5, 5.41) is 9.56. The van der Waals surface area contributed by atoms with Gasteiger partial charge in [-0.2, -0.15) is 0 Å². The van der Waals surface area contributed by atoms with Crippen molar-refractivity contribution in [2.75, 3.05) is 0 Å². The third kappa shape index (κ3) is 0.760. The van der Waals surface area contributed by atoms with Crippen LogP contribution in [0.4, 0.5) is 0 Å². The standard InChI is InChI=1S/C5H5N5O2/c1-2-7-8-5-6-3(11)4(12)9-10(2)5/h1H3,(H,9,12)(H,6,8,11). The molecule has 7 heteroatoms. The van der Waals surface area contributed by atoms with Gasteiger partial charge in [0.1, 0.15) is 0 Å². The van der Waals surface area contributed by atoms with Crippen LogP contribution in [0.15, 0.2) is 9.59 Å². The predicted octanol–water partition coefficient (Wildman–Crippen LogP) is -1.59. The molecule has 0 atom stereocenters. The lowest BCUT2D eigenvalue weighted by Gasteiger charge is -1.90. The lowest BCUT2D eigenvalue weighted by atomic mass is 10.7. The van der Waals surface area contributed by atoms with Gasteiger partial charge in [0.25, 0.3) is 5.78 Å². The summed E-state index contributed by atoms with van der Waals surface area (Å²) in [5.41, 5.74) is -1.44. The van der Waals surface area contributed by atoms with Crippen molar-refractivity contribution in [2.24, 2.45) is 0 Å². The van der Waals surface area contributed by atoms with Gasteiger partial charge in [0.2, 0.25) is 0 Å². The fraction of sp³-hybridized carbons (Fsp3) is 0.200. The molecule has 0 aromatic carbocycles. The van der Waals surface area contributed by atoms with Gasteiger partial charge in [0.15, 0.2) is 5.82 Å². The van der Waals surface area contributed by atoms with Crippen LogP contribution < -0.4 is 11.1 Å². The molecule has 12 heavy (non-hydrogen) atoms. The quantitative estimate of drug-likeness (QED) is 0.462. The largest absolute Gasteiger partial charge is 0.328 e. The van der Waals surface area contributed by atoms with Crippen molar-refractivity contribution in [1.29, 1.82) is 0 Å². The molecule has 62 valence electrons. The van der Waals surface area contributed by atoms with Crippen LogP contribution in [0.3, 0.4) is 0 Å². The van der Waals surface area contributed by atoms with Crippen LogP contribution in [0.5, 0.6) is 0 Å². The van der Waals surface area contributed by atoms with Crippen LogP contribution in [0.1, 0.15) is 5.82 Å². The first-order chi connectivity index (χ1) is 5.68. The molecule has 0 aliphatic heterocycles. The van der Waals surface area contributed by atoms with Crippen LogP contribution in [0.25, 0.3) is 5.78 Å². The number of rotatable bonds is 0. The zero-order chi connectivity index (χ0) is 8.72. The molecular formula is C5H5N5O2. The second kappa shape index (κ2) is 2.03. The highest BCUT2D eigenvalue weighted by atomic mass is 16.2. The molecule has 0 aliphatic rings. The highest BCUT2D eigenvalue weighted by Crippen LogP contribution is 1.89. The molecule has 0 fully saturated rings. The van der Waals surface area contributed by atoms with E-state index in [-0.39, 0.29) is 5.78 Å². The highest BCUT2D eigenvalue weighted by Gasteiger charge is 2.02. The second-order valence-electron chi connectivity index (χ2n) is 2.30. The molecule has 0 radical (unpaired) electrons. The van der Waals surface area contributed by atoms with E-state index in [4.69, 9.17) is 0 Å². The summed E-state index contributed by atoms with van der Waals surface area (Å²) in [5.74, 6) is 0.746. The summed E-state index contributed by atoms with van der Waals surface area (Å²) in [6, 6.07) is 0. The van der Waals surface area contributed by atoms with E-state index in [2.05, 4.69) is 20.3 Å². The fourth-order valence-electron chi connectivity index (χ4n) is 0.888. The van der Waals surface area contributed by atoms with E-state index in [1.165, 1.54) is 4.52 Å². The van der Waals surface area contributed by atoms with Gasteiger partial charge in [0, 0.05) is 0 Å². The molecule has 0 spiro atoms. The Bertz CT molecular complexity index is 532. The minimum atomic E-state index is -0.727. The van der Waals surface area contributed by atoms with Crippen LogP contribution >= 0.6 is 0 Å². The van der Waals surface area contributed by atoms with Gasteiger partial charge in [-0.15, -0.1) is 10.2 Å². The molecule has 0 bridgehead atoms. The monoisotopic (exact) mass is 167 g/mol. The average Bonchev–Trinajstić information content (AvgIpc) is 2.35. The summed E-state index contributed by atoms with van der Waals surface area (Å²) in [6.45, 7) is 1.66. The Hall–Kier alpha value is -1.92. The van der Waals surface area contributed by atoms with E-state index < -0.39 is 11.1 Å². The summed E-state index contributed by atoms with van der Waals surface area (Å²) in [4.78, 5) is 23.8. The van der Waals surface area contributed by atoms with Gasteiger partial charge in [-0.05, 0) is 6.92 Å². The van der Waals surface area contributed by atoms with Crippen molar-refractivity contribution in [3.05, 3.63) is 26.5 Å². The fourth-order valence-corrected chi connectivity index (χ4v) is 0.888. The Morgan fingerprint density at radius 1 is 1.25 bits per heavy atom. The third-order valence-electron chi connectivity index (χ3n) is 1.47. The molecule has 0 saturated heterocycles. The SMILES string of the molecule is Cc1nnc2[nH]c(=O)c(=O)[nH]n12. The maximum atomic E-state index is 10.8. The molecule has 0 amide bonds. The van der Waals surface area contributed by atoms with Gasteiger partial charge < -0.3 is 0 Å².